The standard InChI is InChI=1S/C24H29FN4O/c25-21-6-4-19(5-7-21)18-27-12-10-26(11-13-27)14-15-29-17-16-28-9-8-20-2-1-3-22(23(20)28)24(29)30/h1-7H,8-18H2. The van der Waals surface area contributed by atoms with Crippen molar-refractivity contribution >= 4 is 11.6 Å². The van der Waals surface area contributed by atoms with Crippen molar-refractivity contribution in [1.29, 1.82) is 0 Å². The molecule has 1 saturated heterocycles. The fourth-order valence-corrected chi connectivity index (χ4v) is 4.94. The number of hydrogen-bond donors (Lipinski definition) is 0. The SMILES string of the molecule is O=C1c2cccc3c2N(CC3)CCN1CCN1CCN(Cc2ccc(F)cc2)CC1. The molecule has 3 aliphatic rings. The van der Waals surface area contributed by atoms with Gasteiger partial charge < -0.3 is 9.80 Å². The number of para-hydroxylation sites is 1. The fraction of sp³-hybridized carbons (Fsp3) is 0.458. The van der Waals surface area contributed by atoms with E-state index in [1.807, 2.05) is 29.2 Å². The monoisotopic (exact) mass is 408 g/mol. The molecule has 2 aromatic rings. The Kier molecular flexibility index (Phi) is 5.44. The van der Waals surface area contributed by atoms with E-state index in [0.717, 1.165) is 83.0 Å². The quantitative estimate of drug-likeness (QED) is 0.760. The van der Waals surface area contributed by atoms with Gasteiger partial charge >= 0.3 is 0 Å². The molecule has 3 heterocycles. The first-order valence-corrected chi connectivity index (χ1v) is 11.0. The minimum Gasteiger partial charge on any atom is -0.369 e. The third-order valence-electron chi connectivity index (χ3n) is 6.71. The number of anilines is 1. The van der Waals surface area contributed by atoms with Crippen molar-refractivity contribution < 1.29 is 9.18 Å². The zero-order chi connectivity index (χ0) is 20.5. The van der Waals surface area contributed by atoms with Gasteiger partial charge in [0.25, 0.3) is 5.91 Å². The minimum absolute atomic E-state index is 0.181. The summed E-state index contributed by atoms with van der Waals surface area (Å²) >= 11 is 0. The first-order valence-electron chi connectivity index (χ1n) is 11.0. The molecular formula is C24H29FN4O. The number of nitrogens with zero attached hydrogens (tertiary/aromatic N) is 4. The summed E-state index contributed by atoms with van der Waals surface area (Å²) in [6.45, 7) is 9.37. The number of rotatable bonds is 5. The van der Waals surface area contributed by atoms with Gasteiger partial charge in [0.2, 0.25) is 0 Å². The third kappa shape index (κ3) is 3.94. The van der Waals surface area contributed by atoms with E-state index in [9.17, 15) is 9.18 Å². The van der Waals surface area contributed by atoms with Crippen molar-refractivity contribution in [1.82, 2.24) is 14.7 Å². The molecule has 2 aromatic carbocycles. The van der Waals surface area contributed by atoms with Gasteiger partial charge in [-0.05, 0) is 35.7 Å². The molecule has 1 fully saturated rings. The molecular weight excluding hydrogens is 379 g/mol. The normalized spacial score (nSPS) is 19.8. The first-order chi connectivity index (χ1) is 14.7. The van der Waals surface area contributed by atoms with E-state index in [1.165, 1.54) is 23.4 Å². The van der Waals surface area contributed by atoms with Gasteiger partial charge in [-0.3, -0.25) is 14.6 Å². The second kappa shape index (κ2) is 8.36. The molecule has 0 unspecified atom stereocenters. The Morgan fingerprint density at radius 1 is 0.800 bits per heavy atom. The van der Waals surface area contributed by atoms with Crippen LogP contribution in [0.2, 0.25) is 0 Å². The molecule has 1 amide bonds. The Bertz CT molecular complexity index is 908. The lowest BCUT2D eigenvalue weighted by atomic mass is 10.1. The largest absolute Gasteiger partial charge is 0.369 e. The average molecular weight is 409 g/mol. The first kappa shape index (κ1) is 19.5. The van der Waals surface area contributed by atoms with E-state index in [4.69, 9.17) is 0 Å². The summed E-state index contributed by atoms with van der Waals surface area (Å²) in [5.74, 6) is 0.00535. The van der Waals surface area contributed by atoms with E-state index < -0.39 is 0 Å². The minimum atomic E-state index is -0.181. The Labute approximate surface area is 177 Å². The molecule has 30 heavy (non-hydrogen) atoms. The van der Waals surface area contributed by atoms with Crippen LogP contribution < -0.4 is 4.90 Å². The van der Waals surface area contributed by atoms with Crippen molar-refractivity contribution in [3.63, 3.8) is 0 Å². The van der Waals surface area contributed by atoms with Crippen LogP contribution in [0.3, 0.4) is 0 Å². The summed E-state index contributed by atoms with van der Waals surface area (Å²) in [7, 11) is 0. The lowest BCUT2D eigenvalue weighted by molar-refractivity contribution is 0.0714. The van der Waals surface area contributed by atoms with Crippen molar-refractivity contribution in [2.45, 2.75) is 13.0 Å². The summed E-state index contributed by atoms with van der Waals surface area (Å²) in [6.07, 6.45) is 1.05. The van der Waals surface area contributed by atoms with Gasteiger partial charge in [-0.15, -0.1) is 0 Å². The van der Waals surface area contributed by atoms with Gasteiger partial charge in [0, 0.05) is 65.4 Å². The van der Waals surface area contributed by atoms with E-state index in [-0.39, 0.29) is 11.7 Å². The maximum Gasteiger partial charge on any atom is 0.256 e. The lowest BCUT2D eigenvalue weighted by Gasteiger charge is -2.35. The topological polar surface area (TPSA) is 30.0 Å². The lowest BCUT2D eigenvalue weighted by Crippen LogP contribution is -2.48. The van der Waals surface area contributed by atoms with Crippen molar-refractivity contribution in [3.05, 3.63) is 65.0 Å². The van der Waals surface area contributed by atoms with Crippen molar-refractivity contribution in [2.75, 3.05) is 63.8 Å². The number of piperazine rings is 1. The number of benzene rings is 2. The molecule has 0 spiro atoms. The highest BCUT2D eigenvalue weighted by atomic mass is 19.1. The summed E-state index contributed by atoms with van der Waals surface area (Å²) in [4.78, 5) is 22.5. The van der Waals surface area contributed by atoms with E-state index in [2.05, 4.69) is 20.8 Å². The molecule has 0 aliphatic carbocycles. The van der Waals surface area contributed by atoms with Crippen LogP contribution in [-0.2, 0) is 13.0 Å². The summed E-state index contributed by atoms with van der Waals surface area (Å²) < 4.78 is 13.1. The Morgan fingerprint density at radius 3 is 2.37 bits per heavy atom. The maximum atomic E-state index is 13.2. The molecule has 0 bridgehead atoms. The Hall–Kier alpha value is -2.44. The molecule has 3 aliphatic heterocycles. The third-order valence-corrected chi connectivity index (χ3v) is 6.71. The van der Waals surface area contributed by atoms with Crippen LogP contribution in [-0.4, -0.2) is 79.5 Å². The summed E-state index contributed by atoms with van der Waals surface area (Å²) in [5.41, 5.74) is 4.54. The van der Waals surface area contributed by atoms with Gasteiger partial charge in [-0.1, -0.05) is 24.3 Å². The zero-order valence-corrected chi connectivity index (χ0v) is 17.4. The summed E-state index contributed by atoms with van der Waals surface area (Å²) in [5, 5.41) is 0. The van der Waals surface area contributed by atoms with Crippen LogP contribution in [0.4, 0.5) is 10.1 Å². The fourth-order valence-electron chi connectivity index (χ4n) is 4.94. The van der Waals surface area contributed by atoms with Crippen LogP contribution in [0.5, 0.6) is 0 Å². The van der Waals surface area contributed by atoms with Crippen molar-refractivity contribution in [3.8, 4) is 0 Å². The van der Waals surface area contributed by atoms with Gasteiger partial charge in [-0.2, -0.15) is 0 Å². The highest BCUT2D eigenvalue weighted by Crippen LogP contribution is 2.34. The van der Waals surface area contributed by atoms with Gasteiger partial charge in [-0.25, -0.2) is 4.39 Å². The second-order valence-electron chi connectivity index (χ2n) is 8.59. The second-order valence-corrected chi connectivity index (χ2v) is 8.59. The van der Waals surface area contributed by atoms with Crippen molar-refractivity contribution in [2.24, 2.45) is 0 Å². The van der Waals surface area contributed by atoms with E-state index in [1.54, 1.807) is 0 Å². The van der Waals surface area contributed by atoms with Crippen LogP contribution in [0.15, 0.2) is 42.5 Å². The number of halogens is 1. The molecule has 0 atom stereocenters. The van der Waals surface area contributed by atoms with Gasteiger partial charge in [0.1, 0.15) is 5.82 Å². The van der Waals surface area contributed by atoms with E-state index in [0.29, 0.717) is 0 Å². The molecule has 0 radical (unpaired) electrons. The molecule has 0 N–H and O–H groups in total. The van der Waals surface area contributed by atoms with Gasteiger partial charge in [0.05, 0.1) is 11.3 Å². The van der Waals surface area contributed by atoms with Crippen LogP contribution in [0.1, 0.15) is 21.5 Å². The molecule has 0 saturated carbocycles. The zero-order valence-electron chi connectivity index (χ0n) is 17.4. The van der Waals surface area contributed by atoms with E-state index >= 15 is 0 Å². The molecule has 5 rings (SSSR count). The van der Waals surface area contributed by atoms with Crippen LogP contribution in [0, 0.1) is 5.82 Å². The highest BCUT2D eigenvalue weighted by molar-refractivity contribution is 6.01. The molecule has 0 aromatic heterocycles. The van der Waals surface area contributed by atoms with Gasteiger partial charge in [0.15, 0.2) is 0 Å². The van der Waals surface area contributed by atoms with Crippen LogP contribution in [0.25, 0.3) is 0 Å². The maximum absolute atomic E-state index is 13.2. The number of carbonyl (C=O) groups excluding carboxylic acids is 1. The molecule has 158 valence electrons. The number of carbonyl (C=O) groups is 1. The highest BCUT2D eigenvalue weighted by Gasteiger charge is 2.31. The molecule has 5 nitrogen and oxygen atoms in total. The smallest absolute Gasteiger partial charge is 0.256 e. The average Bonchev–Trinajstić information content (AvgIpc) is 3.13. The molecule has 6 heteroatoms. The van der Waals surface area contributed by atoms with Crippen LogP contribution >= 0.6 is 0 Å². The Balaban J connectivity index is 1.14. The Morgan fingerprint density at radius 2 is 1.57 bits per heavy atom. The predicted octanol–water partition coefficient (Wildman–Crippen LogP) is 2.46. The summed E-state index contributed by atoms with van der Waals surface area (Å²) in [6, 6.07) is 13.0. The predicted molar refractivity (Wildman–Crippen MR) is 116 cm³/mol. The number of amides is 1. The number of hydrogen-bond acceptors (Lipinski definition) is 4.